The summed E-state index contributed by atoms with van der Waals surface area (Å²) in [5.41, 5.74) is 1.22. The molecule has 4 heteroatoms. The zero-order valence-corrected chi connectivity index (χ0v) is 10.7. The van der Waals surface area contributed by atoms with Crippen molar-refractivity contribution in [3.8, 4) is 0 Å². The van der Waals surface area contributed by atoms with Crippen LogP contribution in [0.5, 0.6) is 0 Å². The second-order valence-corrected chi connectivity index (χ2v) is 5.00. The molecule has 1 N–H and O–H groups in total. The summed E-state index contributed by atoms with van der Waals surface area (Å²) in [6.07, 6.45) is 0. The molecule has 0 heterocycles. The van der Waals surface area contributed by atoms with Crippen molar-refractivity contribution in [2.45, 2.75) is 6.92 Å². The summed E-state index contributed by atoms with van der Waals surface area (Å²) in [6.45, 7) is 1.95. The lowest BCUT2D eigenvalue weighted by molar-refractivity contribution is 0.0696. The van der Waals surface area contributed by atoms with E-state index in [0.717, 1.165) is 16.3 Å². The van der Waals surface area contributed by atoms with E-state index in [0.29, 0.717) is 3.57 Å². The summed E-state index contributed by atoms with van der Waals surface area (Å²) in [5.74, 6) is -1.02. The first-order chi connectivity index (χ1) is 7.65. The van der Waals surface area contributed by atoms with Gasteiger partial charge in [-0.1, -0.05) is 24.3 Å². The molecular formula is C12H9IO3. The second kappa shape index (κ2) is 4.29. The van der Waals surface area contributed by atoms with Gasteiger partial charge in [0.05, 0.1) is 9.13 Å². The zero-order valence-electron chi connectivity index (χ0n) is 8.53. The summed E-state index contributed by atoms with van der Waals surface area (Å²) in [5, 5.41) is 10.8. The number of hydrogen-bond acceptors (Lipinski definition) is 2. The van der Waals surface area contributed by atoms with Crippen LogP contribution in [-0.2, 0) is 3.07 Å². The van der Waals surface area contributed by atoms with E-state index in [4.69, 9.17) is 5.11 Å². The fourth-order valence-corrected chi connectivity index (χ4v) is 3.08. The highest BCUT2D eigenvalue weighted by atomic mass is 127. The number of halogens is 1. The number of rotatable bonds is 2. The SMILES string of the molecule is Cc1cccc2c(I=O)c(C(=O)O)ccc12. The number of carbonyl (C=O) groups is 1. The first kappa shape index (κ1) is 11.2. The van der Waals surface area contributed by atoms with Crippen LogP contribution in [0.4, 0.5) is 0 Å². The van der Waals surface area contributed by atoms with Crippen LogP contribution in [0.2, 0.25) is 0 Å². The van der Waals surface area contributed by atoms with Crippen molar-refractivity contribution in [1.29, 1.82) is 0 Å². The van der Waals surface area contributed by atoms with Crippen molar-refractivity contribution < 1.29 is 13.0 Å². The van der Waals surface area contributed by atoms with Crippen LogP contribution < -0.4 is 0 Å². The van der Waals surface area contributed by atoms with Gasteiger partial charge in [-0.25, -0.2) is 4.79 Å². The molecule has 0 unspecified atom stereocenters. The number of aromatic carboxylic acids is 1. The Bertz CT molecular complexity index is 590. The van der Waals surface area contributed by atoms with E-state index in [1.54, 1.807) is 6.07 Å². The van der Waals surface area contributed by atoms with Gasteiger partial charge in [0.1, 0.15) is 0 Å². The zero-order chi connectivity index (χ0) is 11.7. The Hall–Kier alpha value is -1.30. The van der Waals surface area contributed by atoms with Crippen LogP contribution in [-0.4, -0.2) is 11.1 Å². The first-order valence-corrected chi connectivity index (χ1v) is 6.64. The van der Waals surface area contributed by atoms with Gasteiger partial charge in [-0.3, -0.25) is 3.07 Å². The summed E-state index contributed by atoms with van der Waals surface area (Å²) in [7, 11) is 0. The highest BCUT2D eigenvalue weighted by molar-refractivity contribution is 14.1. The molecule has 82 valence electrons. The topological polar surface area (TPSA) is 54.4 Å². The minimum absolute atomic E-state index is 0.154. The van der Waals surface area contributed by atoms with E-state index in [-0.39, 0.29) is 5.56 Å². The molecule has 2 aromatic rings. The van der Waals surface area contributed by atoms with Crippen molar-refractivity contribution in [3.63, 3.8) is 0 Å². The molecule has 0 radical (unpaired) electrons. The Morgan fingerprint density at radius 3 is 2.56 bits per heavy atom. The normalized spacial score (nSPS) is 10.6. The molecule has 0 atom stereocenters. The number of benzene rings is 2. The van der Waals surface area contributed by atoms with Crippen molar-refractivity contribution in [2.75, 3.05) is 0 Å². The number of aryl methyl sites for hydroxylation is 1. The molecule has 0 aliphatic heterocycles. The maximum absolute atomic E-state index is 11.2. The molecule has 2 aromatic carbocycles. The molecule has 0 aromatic heterocycles. The Labute approximate surface area is 103 Å². The quantitative estimate of drug-likeness (QED) is 0.861. The maximum Gasteiger partial charge on any atom is 0.336 e. The minimum atomic E-state index is -1.49. The Morgan fingerprint density at radius 2 is 1.94 bits per heavy atom. The van der Waals surface area contributed by atoms with E-state index in [1.165, 1.54) is 6.07 Å². The van der Waals surface area contributed by atoms with Gasteiger partial charge in [0.25, 0.3) is 0 Å². The number of carboxylic acid groups (broad SMARTS) is 1. The van der Waals surface area contributed by atoms with E-state index in [9.17, 15) is 7.86 Å². The van der Waals surface area contributed by atoms with Gasteiger partial charge < -0.3 is 5.11 Å². The molecule has 0 spiro atoms. The lowest BCUT2D eigenvalue weighted by atomic mass is 10.0. The fourth-order valence-electron chi connectivity index (χ4n) is 1.73. The smallest absolute Gasteiger partial charge is 0.336 e. The average molecular weight is 328 g/mol. The van der Waals surface area contributed by atoms with E-state index in [1.807, 2.05) is 25.1 Å². The third kappa shape index (κ3) is 1.73. The molecule has 0 saturated heterocycles. The highest BCUT2D eigenvalue weighted by Crippen LogP contribution is 2.28. The molecule has 0 bridgehead atoms. The molecule has 0 aliphatic rings. The Kier molecular flexibility index (Phi) is 3.00. The lowest BCUT2D eigenvalue weighted by Crippen LogP contribution is -2.00. The van der Waals surface area contributed by atoms with Gasteiger partial charge in [0, 0.05) is 0 Å². The standard InChI is InChI=1S/C12H9IO3/c1-7-3-2-4-9-8(7)5-6-10(12(14)15)11(9)13-16/h2-6H,1H3,(H,14,15). The lowest BCUT2D eigenvalue weighted by Gasteiger charge is -2.06. The Balaban J connectivity index is 2.91. The average Bonchev–Trinajstić information content (AvgIpc) is 2.27. The van der Waals surface area contributed by atoms with Gasteiger partial charge in [-0.2, -0.15) is 0 Å². The third-order valence-electron chi connectivity index (χ3n) is 2.52. The molecular weight excluding hydrogens is 319 g/mol. The Morgan fingerprint density at radius 1 is 1.19 bits per heavy atom. The van der Waals surface area contributed by atoms with Gasteiger partial charge in [-0.05, 0) is 29.3 Å². The van der Waals surface area contributed by atoms with Crippen LogP contribution in [0.25, 0.3) is 10.8 Å². The van der Waals surface area contributed by atoms with Crippen LogP contribution in [0.1, 0.15) is 15.9 Å². The summed E-state index contributed by atoms with van der Waals surface area (Å²) in [6, 6.07) is 8.94. The number of hydrogen-bond donors (Lipinski definition) is 1. The molecule has 2 rings (SSSR count). The van der Waals surface area contributed by atoms with E-state index in [2.05, 4.69) is 0 Å². The number of fused-ring (bicyclic) bond motifs is 1. The van der Waals surface area contributed by atoms with Gasteiger partial charge in [0.2, 0.25) is 0 Å². The molecule has 0 fully saturated rings. The van der Waals surface area contributed by atoms with Gasteiger partial charge in [-0.15, -0.1) is 0 Å². The molecule has 3 nitrogen and oxygen atoms in total. The maximum atomic E-state index is 11.2. The summed E-state index contributed by atoms with van der Waals surface area (Å²) >= 11 is -1.49. The molecule has 16 heavy (non-hydrogen) atoms. The van der Waals surface area contributed by atoms with Gasteiger partial charge in [0.15, 0.2) is 21.2 Å². The van der Waals surface area contributed by atoms with Crippen LogP contribution in [0.3, 0.4) is 0 Å². The molecule has 0 aliphatic carbocycles. The summed E-state index contributed by atoms with van der Waals surface area (Å²) < 4.78 is 11.7. The summed E-state index contributed by atoms with van der Waals surface area (Å²) in [4.78, 5) is 11.0. The predicted molar refractivity (Wildman–Crippen MR) is 69.0 cm³/mol. The highest BCUT2D eigenvalue weighted by Gasteiger charge is 2.13. The van der Waals surface area contributed by atoms with Crippen molar-refractivity contribution >= 4 is 37.9 Å². The second-order valence-electron chi connectivity index (χ2n) is 3.48. The number of carboxylic acids is 1. The van der Waals surface area contributed by atoms with Crippen molar-refractivity contribution in [2.24, 2.45) is 0 Å². The van der Waals surface area contributed by atoms with Crippen LogP contribution >= 0.6 is 21.2 Å². The largest absolute Gasteiger partial charge is 0.478 e. The predicted octanol–water partition coefficient (Wildman–Crippen LogP) is 3.33. The first-order valence-electron chi connectivity index (χ1n) is 4.68. The monoisotopic (exact) mass is 328 g/mol. The van der Waals surface area contributed by atoms with Crippen LogP contribution in [0, 0.1) is 10.5 Å². The van der Waals surface area contributed by atoms with Crippen molar-refractivity contribution in [3.05, 3.63) is 45.0 Å². The van der Waals surface area contributed by atoms with Crippen molar-refractivity contribution in [1.82, 2.24) is 0 Å². The molecule has 0 amide bonds. The van der Waals surface area contributed by atoms with Crippen LogP contribution in [0.15, 0.2) is 30.3 Å². The fraction of sp³-hybridized carbons (Fsp3) is 0.0833. The minimum Gasteiger partial charge on any atom is -0.478 e. The van der Waals surface area contributed by atoms with Gasteiger partial charge >= 0.3 is 5.97 Å². The third-order valence-corrected chi connectivity index (χ3v) is 4.12. The molecule has 0 saturated carbocycles. The van der Waals surface area contributed by atoms with E-state index < -0.39 is 27.2 Å². The van der Waals surface area contributed by atoms with E-state index >= 15 is 0 Å².